The Bertz CT molecular complexity index is 820. The number of methoxy groups -OCH3 is 1. The number of urea groups is 1. The maximum absolute atomic E-state index is 11.8. The number of ether oxygens (including phenoxy) is 2. The van der Waals surface area contributed by atoms with Gasteiger partial charge in [-0.3, -0.25) is 14.9 Å². The summed E-state index contributed by atoms with van der Waals surface area (Å²) < 4.78 is 33.1. The molecule has 1 saturated heterocycles. The summed E-state index contributed by atoms with van der Waals surface area (Å²) in [5.41, 5.74) is 0.435. The lowest BCUT2D eigenvalue weighted by Crippen LogP contribution is -2.46. The zero-order valence-corrected chi connectivity index (χ0v) is 15.2. The van der Waals surface area contributed by atoms with E-state index in [9.17, 15) is 22.8 Å². The van der Waals surface area contributed by atoms with Crippen molar-refractivity contribution in [1.82, 2.24) is 10.6 Å². The highest BCUT2D eigenvalue weighted by molar-refractivity contribution is 7.91. The van der Waals surface area contributed by atoms with Crippen molar-refractivity contribution in [2.45, 2.75) is 19.4 Å². The van der Waals surface area contributed by atoms with Gasteiger partial charge in [-0.15, -0.1) is 0 Å². The van der Waals surface area contributed by atoms with E-state index < -0.39 is 34.4 Å². The number of hydrogen-bond donors (Lipinski definition) is 2. The van der Waals surface area contributed by atoms with Crippen LogP contribution in [0.5, 0.6) is 11.5 Å². The Morgan fingerprint density at radius 1 is 1.23 bits per heavy atom. The van der Waals surface area contributed by atoms with Crippen LogP contribution in [-0.4, -0.2) is 57.4 Å². The number of imide groups is 1. The summed E-state index contributed by atoms with van der Waals surface area (Å²) in [6, 6.07) is 3.23. The van der Waals surface area contributed by atoms with Crippen molar-refractivity contribution in [2.24, 2.45) is 0 Å². The second-order valence-electron chi connectivity index (χ2n) is 5.83. The van der Waals surface area contributed by atoms with Gasteiger partial charge in [-0.2, -0.15) is 0 Å². The molecule has 3 amide bonds. The van der Waals surface area contributed by atoms with E-state index >= 15 is 0 Å². The van der Waals surface area contributed by atoms with Crippen LogP contribution in [0.2, 0.25) is 0 Å². The highest BCUT2D eigenvalue weighted by Crippen LogP contribution is 2.28. The molecule has 0 bridgehead atoms. The summed E-state index contributed by atoms with van der Waals surface area (Å²) in [5.74, 6) is -0.434. The van der Waals surface area contributed by atoms with E-state index in [1.54, 1.807) is 0 Å². The minimum atomic E-state index is -3.12. The van der Waals surface area contributed by atoms with E-state index in [1.807, 2.05) is 0 Å². The third-order valence-corrected chi connectivity index (χ3v) is 5.52. The molecular weight excluding hydrogens is 364 g/mol. The molecule has 9 nitrogen and oxygen atoms in total. The summed E-state index contributed by atoms with van der Waals surface area (Å²) in [6.07, 6.45) is 0.320. The Morgan fingerprint density at radius 3 is 2.54 bits per heavy atom. The molecule has 1 aromatic rings. The molecule has 0 aliphatic carbocycles. The number of carbonyl (C=O) groups excluding carboxylic acids is 3. The average molecular weight is 384 g/mol. The summed E-state index contributed by atoms with van der Waals surface area (Å²) >= 11 is 0. The number of rotatable bonds is 6. The van der Waals surface area contributed by atoms with Gasteiger partial charge in [0, 0.05) is 11.6 Å². The molecule has 26 heavy (non-hydrogen) atoms. The molecule has 1 unspecified atom stereocenters. The molecule has 1 aliphatic rings. The van der Waals surface area contributed by atoms with Gasteiger partial charge >= 0.3 is 6.03 Å². The van der Waals surface area contributed by atoms with Crippen LogP contribution in [0.4, 0.5) is 4.79 Å². The number of sulfone groups is 1. The van der Waals surface area contributed by atoms with Gasteiger partial charge in [0.1, 0.15) is 0 Å². The van der Waals surface area contributed by atoms with E-state index in [-0.39, 0.29) is 28.8 Å². The Hall–Kier alpha value is -2.62. The van der Waals surface area contributed by atoms with Gasteiger partial charge in [0.25, 0.3) is 5.91 Å². The van der Waals surface area contributed by atoms with Gasteiger partial charge in [0.05, 0.1) is 18.6 Å². The van der Waals surface area contributed by atoms with Crippen molar-refractivity contribution in [1.29, 1.82) is 0 Å². The molecule has 142 valence electrons. The Kier molecular flexibility index (Phi) is 6.19. The average Bonchev–Trinajstić information content (AvgIpc) is 2.90. The SMILES string of the molecule is COc1cc(C(C)=O)ccc1OCC(=O)NC(=O)NC1CCS(=O)(=O)C1. The highest BCUT2D eigenvalue weighted by Gasteiger charge is 2.29. The molecule has 1 atom stereocenters. The summed E-state index contributed by atoms with van der Waals surface area (Å²) in [7, 11) is -1.73. The normalized spacial score (nSPS) is 18.0. The van der Waals surface area contributed by atoms with Gasteiger partial charge in [0.2, 0.25) is 0 Å². The van der Waals surface area contributed by atoms with Gasteiger partial charge in [-0.1, -0.05) is 0 Å². The minimum Gasteiger partial charge on any atom is -0.493 e. The van der Waals surface area contributed by atoms with E-state index in [0.717, 1.165) is 0 Å². The van der Waals surface area contributed by atoms with Crippen LogP contribution in [0.1, 0.15) is 23.7 Å². The molecule has 1 aliphatic heterocycles. The topological polar surface area (TPSA) is 128 Å². The number of Topliss-reactive ketones (excluding diaryl/α,β-unsaturated/α-hetero) is 1. The highest BCUT2D eigenvalue weighted by atomic mass is 32.2. The Balaban J connectivity index is 1.85. The lowest BCUT2D eigenvalue weighted by molar-refractivity contribution is -0.122. The van der Waals surface area contributed by atoms with E-state index in [2.05, 4.69) is 10.6 Å². The molecule has 0 radical (unpaired) electrons. The largest absolute Gasteiger partial charge is 0.493 e. The van der Waals surface area contributed by atoms with Crippen LogP contribution in [-0.2, 0) is 14.6 Å². The number of hydrogen-bond acceptors (Lipinski definition) is 7. The van der Waals surface area contributed by atoms with Crippen molar-refractivity contribution in [3.63, 3.8) is 0 Å². The van der Waals surface area contributed by atoms with E-state index in [0.29, 0.717) is 12.0 Å². The predicted molar refractivity (Wildman–Crippen MR) is 92.2 cm³/mol. The van der Waals surface area contributed by atoms with Crippen LogP contribution in [0.25, 0.3) is 0 Å². The summed E-state index contributed by atoms with van der Waals surface area (Å²) in [5, 5.41) is 4.51. The number of carbonyl (C=O) groups is 3. The summed E-state index contributed by atoms with van der Waals surface area (Å²) in [4.78, 5) is 34.9. The van der Waals surface area contributed by atoms with Crippen LogP contribution >= 0.6 is 0 Å². The second kappa shape index (κ2) is 8.17. The quantitative estimate of drug-likeness (QED) is 0.675. The maximum Gasteiger partial charge on any atom is 0.321 e. The van der Waals surface area contributed by atoms with Gasteiger partial charge in [-0.25, -0.2) is 13.2 Å². The smallest absolute Gasteiger partial charge is 0.321 e. The van der Waals surface area contributed by atoms with Crippen molar-refractivity contribution in [2.75, 3.05) is 25.2 Å². The molecule has 1 fully saturated rings. The van der Waals surface area contributed by atoms with Crippen molar-refractivity contribution in [3.05, 3.63) is 23.8 Å². The Morgan fingerprint density at radius 2 is 1.96 bits per heavy atom. The number of ketones is 1. The van der Waals surface area contributed by atoms with Crippen LogP contribution in [0.15, 0.2) is 18.2 Å². The summed E-state index contributed by atoms with van der Waals surface area (Å²) in [6.45, 7) is 0.961. The third-order valence-electron chi connectivity index (χ3n) is 3.75. The van der Waals surface area contributed by atoms with E-state index in [1.165, 1.54) is 32.2 Å². The second-order valence-corrected chi connectivity index (χ2v) is 8.06. The van der Waals surface area contributed by atoms with E-state index in [4.69, 9.17) is 9.47 Å². The minimum absolute atomic E-state index is 0.0189. The molecule has 0 aromatic heterocycles. The predicted octanol–water partition coefficient (Wildman–Crippen LogP) is 0.290. The molecule has 2 N–H and O–H groups in total. The lowest BCUT2D eigenvalue weighted by Gasteiger charge is -2.13. The zero-order valence-electron chi connectivity index (χ0n) is 14.4. The molecule has 1 aromatic carbocycles. The number of amides is 3. The van der Waals surface area contributed by atoms with Crippen LogP contribution < -0.4 is 20.1 Å². The number of benzene rings is 1. The maximum atomic E-state index is 11.8. The fourth-order valence-electron chi connectivity index (χ4n) is 2.44. The zero-order chi connectivity index (χ0) is 19.3. The van der Waals surface area contributed by atoms with Crippen molar-refractivity contribution in [3.8, 4) is 11.5 Å². The molecule has 0 spiro atoms. The Labute approximate surface area is 151 Å². The fraction of sp³-hybridized carbons (Fsp3) is 0.438. The fourth-order valence-corrected chi connectivity index (χ4v) is 4.12. The van der Waals surface area contributed by atoms with Gasteiger partial charge in [-0.05, 0) is 31.5 Å². The lowest BCUT2D eigenvalue weighted by atomic mass is 10.1. The monoisotopic (exact) mass is 384 g/mol. The first-order valence-corrected chi connectivity index (χ1v) is 9.65. The van der Waals surface area contributed by atoms with Crippen molar-refractivity contribution >= 4 is 27.6 Å². The van der Waals surface area contributed by atoms with Gasteiger partial charge < -0.3 is 14.8 Å². The first-order valence-electron chi connectivity index (χ1n) is 7.82. The first kappa shape index (κ1) is 19.7. The third kappa shape index (κ3) is 5.45. The first-order chi connectivity index (χ1) is 12.2. The van der Waals surface area contributed by atoms with Gasteiger partial charge in [0.15, 0.2) is 33.7 Å². The van der Waals surface area contributed by atoms with Crippen molar-refractivity contribution < 1.29 is 32.3 Å². The molecule has 0 saturated carbocycles. The standard InChI is InChI=1S/C16H20N2O7S/c1-10(19)11-3-4-13(14(7-11)24-2)25-8-15(20)18-16(21)17-12-5-6-26(22,23)9-12/h3-4,7,12H,5-6,8-9H2,1-2H3,(H2,17,18,20,21). The molecular formula is C16H20N2O7S. The molecule has 2 rings (SSSR count). The molecule has 1 heterocycles. The molecule has 10 heteroatoms. The van der Waals surface area contributed by atoms with Crippen LogP contribution in [0.3, 0.4) is 0 Å². The number of nitrogens with one attached hydrogen (secondary N) is 2. The van der Waals surface area contributed by atoms with Crippen LogP contribution in [0, 0.1) is 0 Å².